The molecule has 0 aromatic heterocycles. The maximum absolute atomic E-state index is 13.5. The molecule has 1 N–H and O–H groups in total. The van der Waals surface area contributed by atoms with Crippen molar-refractivity contribution in [2.24, 2.45) is 5.92 Å². The molecule has 1 unspecified atom stereocenters. The summed E-state index contributed by atoms with van der Waals surface area (Å²) in [4.78, 5) is 29.8. The maximum Gasteiger partial charge on any atom is 0.282 e. The van der Waals surface area contributed by atoms with Crippen molar-refractivity contribution < 1.29 is 19.1 Å². The van der Waals surface area contributed by atoms with E-state index in [1.807, 2.05) is 4.90 Å². The first-order chi connectivity index (χ1) is 14.4. The molecule has 0 radical (unpaired) electrons. The van der Waals surface area contributed by atoms with Gasteiger partial charge in [0.1, 0.15) is 11.5 Å². The Balaban J connectivity index is 1.81. The molecule has 0 aliphatic carbocycles. The first-order valence-electron chi connectivity index (χ1n) is 9.60. The third kappa shape index (κ3) is 3.71. The number of rotatable bonds is 4. The lowest BCUT2D eigenvalue weighted by atomic mass is 9.97. The van der Waals surface area contributed by atoms with Gasteiger partial charge < -0.3 is 10.0 Å². The lowest BCUT2D eigenvalue weighted by molar-refractivity contribution is -0.120. The van der Waals surface area contributed by atoms with Crippen LogP contribution in [-0.4, -0.2) is 41.5 Å². The number of carbonyl (C=O) groups excluding carboxylic acids is 2. The second kappa shape index (κ2) is 8.38. The van der Waals surface area contributed by atoms with Gasteiger partial charge in [0.2, 0.25) is 0 Å². The van der Waals surface area contributed by atoms with Crippen LogP contribution < -0.4 is 4.90 Å². The number of halogens is 3. The quantitative estimate of drug-likeness (QED) is 0.714. The summed E-state index contributed by atoms with van der Waals surface area (Å²) in [7, 11) is 0. The molecule has 2 aliphatic rings. The molecule has 0 saturated carbocycles. The van der Waals surface area contributed by atoms with Gasteiger partial charge >= 0.3 is 0 Å². The maximum atomic E-state index is 13.5. The topological polar surface area (TPSA) is 60.9 Å². The van der Waals surface area contributed by atoms with Crippen molar-refractivity contribution in [1.82, 2.24) is 4.90 Å². The Bertz CT molecular complexity index is 1040. The van der Waals surface area contributed by atoms with Crippen molar-refractivity contribution in [3.05, 3.63) is 69.6 Å². The predicted molar refractivity (Wildman–Crippen MR) is 114 cm³/mol. The molecule has 0 bridgehead atoms. The molecule has 1 fully saturated rings. The van der Waals surface area contributed by atoms with E-state index in [-0.39, 0.29) is 28.8 Å². The number of likely N-dealkylation sites (tertiary alicyclic amines) is 1. The number of aliphatic hydroxyl groups excluding tert-OH is 1. The third-order valence-electron chi connectivity index (χ3n) is 5.45. The molecule has 1 saturated heterocycles. The standard InChI is InChI=1S/C22H19Cl2FN2O3/c23-17-8-7-16(10-18(17)24)27-21(29)19(14-3-5-15(25)6-4-14)20(22(27)30)26-9-1-2-13(11-26)12-28/h3-8,10,13,28H,1-2,9,11-12H2. The van der Waals surface area contributed by atoms with E-state index >= 15 is 0 Å². The van der Waals surface area contributed by atoms with E-state index < -0.39 is 17.6 Å². The molecule has 2 aromatic carbocycles. The number of benzene rings is 2. The first kappa shape index (κ1) is 20.8. The van der Waals surface area contributed by atoms with Gasteiger partial charge in [0.05, 0.1) is 21.3 Å². The minimum Gasteiger partial charge on any atom is -0.396 e. The Morgan fingerprint density at radius 2 is 1.77 bits per heavy atom. The van der Waals surface area contributed by atoms with Gasteiger partial charge in [-0.05, 0) is 54.7 Å². The molecular weight excluding hydrogens is 430 g/mol. The Hall–Kier alpha value is -2.41. The molecule has 4 rings (SSSR count). The summed E-state index contributed by atoms with van der Waals surface area (Å²) >= 11 is 12.1. The Kier molecular flexibility index (Phi) is 5.82. The summed E-state index contributed by atoms with van der Waals surface area (Å²) in [6, 6.07) is 10.0. The number of anilines is 1. The molecule has 0 spiro atoms. The van der Waals surface area contributed by atoms with Gasteiger partial charge in [0.25, 0.3) is 11.8 Å². The fraction of sp³-hybridized carbons (Fsp3) is 0.273. The molecule has 156 valence electrons. The zero-order chi connectivity index (χ0) is 21.4. The van der Waals surface area contributed by atoms with Crippen LogP contribution in [0.4, 0.5) is 10.1 Å². The van der Waals surface area contributed by atoms with Gasteiger partial charge in [-0.3, -0.25) is 9.59 Å². The van der Waals surface area contributed by atoms with Crippen LogP contribution in [0.2, 0.25) is 10.0 Å². The average Bonchev–Trinajstić information content (AvgIpc) is 3.01. The number of piperidine rings is 1. The molecule has 2 aliphatic heterocycles. The normalized spacial score (nSPS) is 19.8. The Labute approximate surface area is 183 Å². The van der Waals surface area contributed by atoms with Crippen LogP contribution in [-0.2, 0) is 9.59 Å². The van der Waals surface area contributed by atoms with Crippen LogP contribution >= 0.6 is 23.2 Å². The zero-order valence-electron chi connectivity index (χ0n) is 15.9. The SMILES string of the molecule is O=C1C(c2ccc(F)cc2)=C(N2CCCC(CO)C2)C(=O)N1c1ccc(Cl)c(Cl)c1. The number of amides is 2. The van der Waals surface area contributed by atoms with Crippen LogP contribution in [0.3, 0.4) is 0 Å². The van der Waals surface area contributed by atoms with Crippen LogP contribution in [0.15, 0.2) is 48.2 Å². The molecule has 2 heterocycles. The van der Waals surface area contributed by atoms with Crippen molar-refractivity contribution in [3.63, 3.8) is 0 Å². The minimum absolute atomic E-state index is 0.00824. The monoisotopic (exact) mass is 448 g/mol. The number of imide groups is 1. The van der Waals surface area contributed by atoms with E-state index in [0.29, 0.717) is 29.4 Å². The highest BCUT2D eigenvalue weighted by molar-refractivity contribution is 6.46. The molecule has 30 heavy (non-hydrogen) atoms. The van der Waals surface area contributed by atoms with Gasteiger partial charge in [0.15, 0.2) is 0 Å². The van der Waals surface area contributed by atoms with E-state index in [0.717, 1.165) is 17.7 Å². The highest BCUT2D eigenvalue weighted by Crippen LogP contribution is 2.38. The summed E-state index contributed by atoms with van der Waals surface area (Å²) in [5, 5.41) is 10.1. The minimum atomic E-state index is -0.508. The number of hydrogen-bond donors (Lipinski definition) is 1. The largest absolute Gasteiger partial charge is 0.396 e. The van der Waals surface area contributed by atoms with E-state index in [9.17, 15) is 19.1 Å². The summed E-state index contributed by atoms with van der Waals surface area (Å²) in [6.45, 7) is 1.06. The number of aliphatic hydroxyl groups is 1. The summed E-state index contributed by atoms with van der Waals surface area (Å²) < 4.78 is 13.5. The summed E-state index contributed by atoms with van der Waals surface area (Å²) in [5.41, 5.74) is 1.24. The molecule has 2 aromatic rings. The summed E-state index contributed by atoms with van der Waals surface area (Å²) in [6.07, 6.45) is 1.64. The Morgan fingerprint density at radius 3 is 2.43 bits per heavy atom. The van der Waals surface area contributed by atoms with Crippen molar-refractivity contribution in [1.29, 1.82) is 0 Å². The molecule has 5 nitrogen and oxygen atoms in total. The second-order valence-electron chi connectivity index (χ2n) is 7.41. The van der Waals surface area contributed by atoms with Crippen LogP contribution in [0, 0.1) is 11.7 Å². The highest BCUT2D eigenvalue weighted by atomic mass is 35.5. The van der Waals surface area contributed by atoms with E-state index in [4.69, 9.17) is 23.2 Å². The van der Waals surface area contributed by atoms with Gasteiger partial charge in [-0.2, -0.15) is 0 Å². The second-order valence-corrected chi connectivity index (χ2v) is 8.23. The lowest BCUT2D eigenvalue weighted by Crippen LogP contribution is -2.40. The lowest BCUT2D eigenvalue weighted by Gasteiger charge is -2.34. The highest BCUT2D eigenvalue weighted by Gasteiger charge is 2.43. The van der Waals surface area contributed by atoms with Gasteiger partial charge in [-0.25, -0.2) is 9.29 Å². The average molecular weight is 449 g/mol. The van der Waals surface area contributed by atoms with Gasteiger partial charge in [-0.1, -0.05) is 35.3 Å². The Morgan fingerprint density at radius 1 is 1.03 bits per heavy atom. The van der Waals surface area contributed by atoms with Gasteiger partial charge in [-0.15, -0.1) is 0 Å². The molecule has 1 atom stereocenters. The predicted octanol–water partition coefficient (Wildman–Crippen LogP) is 4.12. The number of carbonyl (C=O) groups is 2. The molecule has 8 heteroatoms. The third-order valence-corrected chi connectivity index (χ3v) is 6.19. The van der Waals surface area contributed by atoms with Crippen LogP contribution in [0.25, 0.3) is 5.57 Å². The first-order valence-corrected chi connectivity index (χ1v) is 10.4. The number of hydrogen-bond acceptors (Lipinski definition) is 4. The van der Waals surface area contributed by atoms with Crippen molar-refractivity contribution in [3.8, 4) is 0 Å². The van der Waals surface area contributed by atoms with E-state index in [1.54, 1.807) is 6.07 Å². The fourth-order valence-electron chi connectivity index (χ4n) is 3.96. The van der Waals surface area contributed by atoms with Crippen molar-refractivity contribution in [2.75, 3.05) is 24.6 Å². The smallest absolute Gasteiger partial charge is 0.282 e. The molecular formula is C22H19Cl2FN2O3. The van der Waals surface area contributed by atoms with E-state index in [2.05, 4.69) is 0 Å². The van der Waals surface area contributed by atoms with Crippen LogP contribution in [0.5, 0.6) is 0 Å². The van der Waals surface area contributed by atoms with E-state index in [1.165, 1.54) is 36.4 Å². The summed E-state index contributed by atoms with van der Waals surface area (Å²) in [5.74, 6) is -1.40. The van der Waals surface area contributed by atoms with Crippen LogP contribution in [0.1, 0.15) is 18.4 Å². The fourth-order valence-corrected chi connectivity index (χ4v) is 4.26. The van der Waals surface area contributed by atoms with Crippen molar-refractivity contribution >= 4 is 46.3 Å². The number of nitrogens with zero attached hydrogens (tertiary/aromatic N) is 2. The van der Waals surface area contributed by atoms with Gasteiger partial charge in [0, 0.05) is 19.7 Å². The van der Waals surface area contributed by atoms with Crippen molar-refractivity contribution in [2.45, 2.75) is 12.8 Å². The zero-order valence-corrected chi connectivity index (χ0v) is 17.5. The molecule has 2 amide bonds.